The summed E-state index contributed by atoms with van der Waals surface area (Å²) >= 11 is 0. The van der Waals surface area contributed by atoms with Gasteiger partial charge in [0.1, 0.15) is 6.33 Å². The quantitative estimate of drug-likeness (QED) is 0.696. The molecule has 0 fully saturated rings. The third kappa shape index (κ3) is 4.11. The van der Waals surface area contributed by atoms with Gasteiger partial charge >= 0.3 is 12.0 Å². The highest BCUT2D eigenvalue weighted by Gasteiger charge is 2.08. The molecule has 2 amide bonds. The van der Waals surface area contributed by atoms with Crippen LogP contribution in [0.5, 0.6) is 0 Å². The van der Waals surface area contributed by atoms with Crippen molar-refractivity contribution in [2.24, 2.45) is 0 Å². The fourth-order valence-electron chi connectivity index (χ4n) is 2.32. The molecule has 0 radical (unpaired) electrons. The standard InChI is InChI=1S/C17H17N5O3/c1-2-25-15(23)10-12-5-7-13(8-6-12)19-17(24)20-14-4-3-9-22-11-18-21-16(14)22/h3-9,11H,2,10H2,1H3,(H2,19,20,24). The van der Waals surface area contributed by atoms with Crippen molar-refractivity contribution in [3.05, 3.63) is 54.5 Å². The van der Waals surface area contributed by atoms with E-state index < -0.39 is 6.03 Å². The first-order valence-electron chi connectivity index (χ1n) is 7.76. The van der Waals surface area contributed by atoms with Crippen molar-refractivity contribution in [1.82, 2.24) is 14.6 Å². The molecule has 2 N–H and O–H groups in total. The van der Waals surface area contributed by atoms with Crippen LogP contribution in [0.1, 0.15) is 12.5 Å². The van der Waals surface area contributed by atoms with Gasteiger partial charge in [-0.1, -0.05) is 12.1 Å². The van der Waals surface area contributed by atoms with E-state index in [0.717, 1.165) is 5.56 Å². The van der Waals surface area contributed by atoms with Crippen LogP contribution in [0.25, 0.3) is 5.65 Å². The maximum absolute atomic E-state index is 12.1. The number of carbonyl (C=O) groups excluding carboxylic acids is 2. The number of amides is 2. The highest BCUT2D eigenvalue weighted by Crippen LogP contribution is 2.15. The molecule has 0 saturated carbocycles. The minimum absolute atomic E-state index is 0.204. The number of pyridine rings is 1. The number of hydrogen-bond acceptors (Lipinski definition) is 5. The zero-order chi connectivity index (χ0) is 17.6. The first kappa shape index (κ1) is 16.4. The first-order valence-corrected chi connectivity index (χ1v) is 7.76. The van der Waals surface area contributed by atoms with E-state index in [1.807, 2.05) is 0 Å². The van der Waals surface area contributed by atoms with Crippen LogP contribution in [0.15, 0.2) is 48.9 Å². The van der Waals surface area contributed by atoms with Crippen LogP contribution in [0.3, 0.4) is 0 Å². The SMILES string of the molecule is CCOC(=O)Cc1ccc(NC(=O)Nc2cccn3cnnc23)cc1. The molecule has 128 valence electrons. The summed E-state index contributed by atoms with van der Waals surface area (Å²) in [6, 6.07) is 10.1. The van der Waals surface area contributed by atoms with Gasteiger partial charge < -0.3 is 15.4 Å². The van der Waals surface area contributed by atoms with E-state index in [4.69, 9.17) is 4.74 Å². The molecule has 0 saturated heterocycles. The summed E-state index contributed by atoms with van der Waals surface area (Å²) in [7, 11) is 0. The van der Waals surface area contributed by atoms with Crippen LogP contribution in [-0.2, 0) is 16.0 Å². The lowest BCUT2D eigenvalue weighted by Crippen LogP contribution is -2.20. The van der Waals surface area contributed by atoms with E-state index in [9.17, 15) is 9.59 Å². The molecule has 8 heteroatoms. The van der Waals surface area contributed by atoms with Gasteiger partial charge in [0.2, 0.25) is 0 Å². The van der Waals surface area contributed by atoms with Crippen molar-refractivity contribution >= 4 is 29.0 Å². The molecule has 0 atom stereocenters. The van der Waals surface area contributed by atoms with Gasteiger partial charge in [0.25, 0.3) is 0 Å². The van der Waals surface area contributed by atoms with Gasteiger partial charge in [-0.3, -0.25) is 9.20 Å². The van der Waals surface area contributed by atoms with Gasteiger partial charge in [-0.2, -0.15) is 0 Å². The van der Waals surface area contributed by atoms with Gasteiger partial charge in [-0.25, -0.2) is 4.79 Å². The molecular weight excluding hydrogens is 322 g/mol. The van der Waals surface area contributed by atoms with Crippen LogP contribution in [0.2, 0.25) is 0 Å². The fraction of sp³-hybridized carbons (Fsp3) is 0.176. The maximum atomic E-state index is 12.1. The second kappa shape index (κ2) is 7.43. The summed E-state index contributed by atoms with van der Waals surface area (Å²) in [6.07, 6.45) is 3.55. The van der Waals surface area contributed by atoms with Crippen LogP contribution >= 0.6 is 0 Å². The average molecular weight is 339 g/mol. The minimum Gasteiger partial charge on any atom is -0.466 e. The summed E-state index contributed by atoms with van der Waals surface area (Å²) in [5, 5.41) is 13.2. The third-order valence-corrected chi connectivity index (χ3v) is 3.44. The number of urea groups is 1. The van der Waals surface area contributed by atoms with Crippen molar-refractivity contribution in [3.8, 4) is 0 Å². The molecule has 2 aromatic heterocycles. The lowest BCUT2D eigenvalue weighted by molar-refractivity contribution is -0.142. The monoisotopic (exact) mass is 339 g/mol. The second-order valence-electron chi connectivity index (χ2n) is 5.24. The molecular formula is C17H17N5O3. The Labute approximate surface area is 143 Å². The Balaban J connectivity index is 1.61. The summed E-state index contributed by atoms with van der Waals surface area (Å²) in [4.78, 5) is 23.6. The van der Waals surface area contributed by atoms with Gasteiger partial charge in [0, 0.05) is 11.9 Å². The molecule has 0 aliphatic carbocycles. The van der Waals surface area contributed by atoms with E-state index in [2.05, 4.69) is 20.8 Å². The number of rotatable bonds is 5. The molecule has 0 aliphatic rings. The molecule has 0 unspecified atom stereocenters. The van der Waals surface area contributed by atoms with Gasteiger partial charge in [0.05, 0.1) is 18.7 Å². The number of nitrogens with zero attached hydrogens (tertiary/aromatic N) is 3. The van der Waals surface area contributed by atoms with Gasteiger partial charge in [-0.05, 0) is 36.8 Å². The Morgan fingerprint density at radius 1 is 1.16 bits per heavy atom. The normalized spacial score (nSPS) is 10.4. The number of aromatic nitrogens is 3. The summed E-state index contributed by atoms with van der Waals surface area (Å²) < 4.78 is 6.61. The first-order chi connectivity index (χ1) is 12.2. The number of hydrogen-bond donors (Lipinski definition) is 2. The molecule has 2 heterocycles. The van der Waals surface area contributed by atoms with E-state index in [-0.39, 0.29) is 12.4 Å². The zero-order valence-electron chi connectivity index (χ0n) is 13.6. The molecule has 0 aliphatic heterocycles. The lowest BCUT2D eigenvalue weighted by Gasteiger charge is -2.09. The van der Waals surface area contributed by atoms with Gasteiger partial charge in [0.15, 0.2) is 5.65 Å². The molecule has 3 rings (SSSR count). The Kier molecular flexibility index (Phi) is 4.89. The van der Waals surface area contributed by atoms with Gasteiger partial charge in [-0.15, -0.1) is 10.2 Å². The Hall–Kier alpha value is -3.42. The van der Waals surface area contributed by atoms with E-state index in [1.54, 1.807) is 60.2 Å². The fourth-order valence-corrected chi connectivity index (χ4v) is 2.32. The van der Waals surface area contributed by atoms with Crippen LogP contribution in [-0.4, -0.2) is 33.2 Å². The largest absolute Gasteiger partial charge is 0.466 e. The zero-order valence-corrected chi connectivity index (χ0v) is 13.6. The number of carbonyl (C=O) groups is 2. The average Bonchev–Trinajstić information content (AvgIpc) is 3.06. The number of benzene rings is 1. The number of nitrogens with one attached hydrogen (secondary N) is 2. The van der Waals surface area contributed by atoms with Crippen molar-refractivity contribution in [2.45, 2.75) is 13.3 Å². The molecule has 0 bridgehead atoms. The van der Waals surface area contributed by atoms with E-state index in [1.165, 1.54) is 0 Å². The van der Waals surface area contributed by atoms with Crippen LogP contribution < -0.4 is 10.6 Å². The maximum Gasteiger partial charge on any atom is 0.323 e. The predicted octanol–water partition coefficient (Wildman–Crippen LogP) is 2.48. The lowest BCUT2D eigenvalue weighted by atomic mass is 10.1. The van der Waals surface area contributed by atoms with Crippen molar-refractivity contribution in [3.63, 3.8) is 0 Å². The summed E-state index contributed by atoms with van der Waals surface area (Å²) in [5.74, 6) is -0.276. The van der Waals surface area contributed by atoms with Crippen molar-refractivity contribution in [1.29, 1.82) is 0 Å². The topological polar surface area (TPSA) is 97.6 Å². The number of fused-ring (bicyclic) bond motifs is 1. The van der Waals surface area contributed by atoms with Crippen LogP contribution in [0, 0.1) is 0 Å². The molecule has 1 aromatic carbocycles. The highest BCUT2D eigenvalue weighted by atomic mass is 16.5. The third-order valence-electron chi connectivity index (χ3n) is 3.44. The Morgan fingerprint density at radius 3 is 2.72 bits per heavy atom. The van der Waals surface area contributed by atoms with Crippen molar-refractivity contribution < 1.29 is 14.3 Å². The molecule has 25 heavy (non-hydrogen) atoms. The molecule has 3 aromatic rings. The Bertz CT molecular complexity index is 889. The number of ether oxygens (including phenoxy) is 1. The summed E-state index contributed by atoms with van der Waals surface area (Å²) in [6.45, 7) is 2.13. The van der Waals surface area contributed by atoms with E-state index >= 15 is 0 Å². The summed E-state index contributed by atoms with van der Waals surface area (Å²) in [5.41, 5.74) is 2.54. The van der Waals surface area contributed by atoms with E-state index in [0.29, 0.717) is 23.6 Å². The minimum atomic E-state index is -0.394. The number of anilines is 2. The number of esters is 1. The van der Waals surface area contributed by atoms with Crippen molar-refractivity contribution in [2.75, 3.05) is 17.2 Å². The molecule has 8 nitrogen and oxygen atoms in total. The second-order valence-corrected chi connectivity index (χ2v) is 5.24. The predicted molar refractivity (Wildman–Crippen MR) is 92.4 cm³/mol. The Morgan fingerprint density at radius 2 is 1.96 bits per heavy atom. The highest BCUT2D eigenvalue weighted by molar-refractivity contribution is 6.01. The molecule has 0 spiro atoms. The van der Waals surface area contributed by atoms with Crippen LogP contribution in [0.4, 0.5) is 16.2 Å². The smallest absolute Gasteiger partial charge is 0.323 e.